The molecular weight excluding hydrogens is 374 g/mol. The number of amides is 1. The first-order valence-electron chi connectivity index (χ1n) is 9.92. The van der Waals surface area contributed by atoms with Gasteiger partial charge in [-0.15, -0.1) is 0 Å². The SMILES string of the molecule is CC1OC2(CCN(CCc3ncccc3Cl)CC2)CN(c2ccccc2)C1=O. The Labute approximate surface area is 171 Å². The summed E-state index contributed by atoms with van der Waals surface area (Å²) in [6.07, 6.45) is 4.07. The van der Waals surface area contributed by atoms with Crippen LogP contribution in [0.5, 0.6) is 0 Å². The van der Waals surface area contributed by atoms with Crippen molar-refractivity contribution < 1.29 is 9.53 Å². The number of likely N-dealkylation sites (tertiary alicyclic amines) is 1. The molecule has 28 heavy (non-hydrogen) atoms. The summed E-state index contributed by atoms with van der Waals surface area (Å²) in [5.41, 5.74) is 1.64. The first-order valence-corrected chi connectivity index (χ1v) is 10.3. The Morgan fingerprint density at radius 3 is 2.64 bits per heavy atom. The lowest BCUT2D eigenvalue weighted by molar-refractivity contribution is -0.161. The van der Waals surface area contributed by atoms with Gasteiger partial charge in [-0.1, -0.05) is 29.8 Å². The van der Waals surface area contributed by atoms with Gasteiger partial charge in [-0.05, 0) is 44.0 Å². The Bertz CT molecular complexity index is 822. The molecule has 1 aromatic heterocycles. The third-order valence-electron chi connectivity index (χ3n) is 5.82. The van der Waals surface area contributed by atoms with Crippen LogP contribution in [-0.2, 0) is 16.0 Å². The largest absolute Gasteiger partial charge is 0.360 e. The van der Waals surface area contributed by atoms with E-state index in [1.165, 1.54) is 0 Å². The minimum absolute atomic E-state index is 0.0454. The Morgan fingerprint density at radius 1 is 1.18 bits per heavy atom. The maximum Gasteiger partial charge on any atom is 0.255 e. The lowest BCUT2D eigenvalue weighted by Gasteiger charge is -2.49. The minimum Gasteiger partial charge on any atom is -0.360 e. The van der Waals surface area contributed by atoms with Crippen LogP contribution >= 0.6 is 11.6 Å². The fourth-order valence-corrected chi connectivity index (χ4v) is 4.42. The number of ether oxygens (including phenoxy) is 1. The van der Waals surface area contributed by atoms with Gasteiger partial charge in [0, 0.05) is 37.9 Å². The molecule has 1 unspecified atom stereocenters. The highest BCUT2D eigenvalue weighted by Crippen LogP contribution is 2.35. The van der Waals surface area contributed by atoms with Crippen LogP contribution in [-0.4, -0.2) is 53.7 Å². The molecule has 1 amide bonds. The van der Waals surface area contributed by atoms with Crippen LogP contribution in [0.2, 0.25) is 5.02 Å². The molecule has 1 atom stereocenters. The number of carbonyl (C=O) groups excluding carboxylic acids is 1. The summed E-state index contributed by atoms with van der Waals surface area (Å²) in [5, 5.41) is 0.734. The molecule has 2 aromatic rings. The Hall–Kier alpha value is -1.95. The first kappa shape index (κ1) is 19.4. The van der Waals surface area contributed by atoms with Crippen molar-refractivity contribution in [3.8, 4) is 0 Å². The number of halogens is 1. The van der Waals surface area contributed by atoms with Gasteiger partial charge in [-0.2, -0.15) is 0 Å². The van der Waals surface area contributed by atoms with Crippen molar-refractivity contribution in [2.75, 3.05) is 31.1 Å². The second kappa shape index (κ2) is 8.19. The summed E-state index contributed by atoms with van der Waals surface area (Å²) in [6.45, 7) is 5.33. The molecule has 148 valence electrons. The number of rotatable bonds is 4. The average Bonchev–Trinajstić information content (AvgIpc) is 2.72. The van der Waals surface area contributed by atoms with Crippen molar-refractivity contribution in [1.82, 2.24) is 9.88 Å². The number of para-hydroxylation sites is 1. The molecule has 2 saturated heterocycles. The van der Waals surface area contributed by atoms with E-state index in [2.05, 4.69) is 9.88 Å². The third kappa shape index (κ3) is 4.07. The first-order chi connectivity index (χ1) is 13.6. The van der Waals surface area contributed by atoms with Crippen LogP contribution in [0.15, 0.2) is 48.7 Å². The lowest BCUT2D eigenvalue weighted by Crippen LogP contribution is -2.61. The molecule has 3 heterocycles. The maximum absolute atomic E-state index is 12.7. The van der Waals surface area contributed by atoms with E-state index < -0.39 is 6.10 Å². The number of anilines is 1. The van der Waals surface area contributed by atoms with Crippen molar-refractivity contribution in [2.45, 2.75) is 37.9 Å². The molecule has 6 heteroatoms. The Kier molecular flexibility index (Phi) is 5.67. The van der Waals surface area contributed by atoms with Crippen molar-refractivity contribution in [1.29, 1.82) is 0 Å². The van der Waals surface area contributed by atoms with E-state index in [0.717, 1.165) is 55.3 Å². The van der Waals surface area contributed by atoms with Gasteiger partial charge in [-0.25, -0.2) is 0 Å². The standard InChI is InChI=1S/C22H26ClN3O2/c1-17-21(27)26(18-6-3-2-4-7-18)16-22(28-17)10-14-25(15-11-22)13-9-20-19(23)8-5-12-24-20/h2-8,12,17H,9-11,13-16H2,1H3. The number of hydrogen-bond donors (Lipinski definition) is 0. The van der Waals surface area contributed by atoms with Crippen molar-refractivity contribution in [3.05, 3.63) is 59.4 Å². The summed E-state index contributed by atoms with van der Waals surface area (Å²) in [7, 11) is 0. The van der Waals surface area contributed by atoms with Gasteiger partial charge in [0.15, 0.2) is 0 Å². The molecule has 1 spiro atoms. The van der Waals surface area contributed by atoms with Crippen molar-refractivity contribution >= 4 is 23.2 Å². The van der Waals surface area contributed by atoms with E-state index in [4.69, 9.17) is 16.3 Å². The van der Waals surface area contributed by atoms with E-state index in [0.29, 0.717) is 6.54 Å². The average molecular weight is 400 g/mol. The highest BCUT2D eigenvalue weighted by Gasteiger charge is 2.45. The normalized spacial score (nSPS) is 22.6. The van der Waals surface area contributed by atoms with E-state index in [9.17, 15) is 4.79 Å². The smallest absolute Gasteiger partial charge is 0.255 e. The summed E-state index contributed by atoms with van der Waals surface area (Å²) in [4.78, 5) is 21.4. The molecule has 0 aliphatic carbocycles. The number of hydrogen-bond acceptors (Lipinski definition) is 4. The van der Waals surface area contributed by atoms with Gasteiger partial charge in [0.2, 0.25) is 0 Å². The molecule has 2 fully saturated rings. The zero-order chi connectivity index (χ0) is 19.6. The van der Waals surface area contributed by atoms with Gasteiger partial charge in [0.1, 0.15) is 6.10 Å². The van der Waals surface area contributed by atoms with Crippen LogP contribution in [0, 0.1) is 0 Å². The van der Waals surface area contributed by atoms with Crippen LogP contribution in [0.4, 0.5) is 5.69 Å². The van der Waals surface area contributed by atoms with Gasteiger partial charge in [0.25, 0.3) is 5.91 Å². The van der Waals surface area contributed by atoms with Gasteiger partial charge in [-0.3, -0.25) is 9.78 Å². The van der Waals surface area contributed by atoms with Crippen LogP contribution in [0.1, 0.15) is 25.5 Å². The van der Waals surface area contributed by atoms with Gasteiger partial charge < -0.3 is 14.5 Å². The molecule has 0 bridgehead atoms. The number of nitrogens with zero attached hydrogens (tertiary/aromatic N) is 3. The lowest BCUT2D eigenvalue weighted by atomic mass is 9.88. The second-order valence-corrected chi connectivity index (χ2v) is 8.13. The van der Waals surface area contributed by atoms with Gasteiger partial charge >= 0.3 is 0 Å². The van der Waals surface area contributed by atoms with Crippen molar-refractivity contribution in [3.63, 3.8) is 0 Å². The predicted molar refractivity (Wildman–Crippen MR) is 111 cm³/mol. The number of morpholine rings is 1. The molecule has 0 N–H and O–H groups in total. The second-order valence-electron chi connectivity index (χ2n) is 7.73. The van der Waals surface area contributed by atoms with Crippen molar-refractivity contribution in [2.24, 2.45) is 0 Å². The molecule has 0 saturated carbocycles. The predicted octanol–water partition coefficient (Wildman–Crippen LogP) is 3.56. The molecule has 5 nitrogen and oxygen atoms in total. The van der Waals surface area contributed by atoms with E-state index >= 15 is 0 Å². The number of benzene rings is 1. The molecule has 0 radical (unpaired) electrons. The molecule has 2 aliphatic rings. The quantitative estimate of drug-likeness (QED) is 0.788. The number of aromatic nitrogens is 1. The Balaban J connectivity index is 1.39. The summed E-state index contributed by atoms with van der Waals surface area (Å²) < 4.78 is 6.26. The van der Waals surface area contributed by atoms with E-state index in [-0.39, 0.29) is 11.5 Å². The van der Waals surface area contributed by atoms with E-state index in [1.54, 1.807) is 6.20 Å². The number of piperidine rings is 1. The summed E-state index contributed by atoms with van der Waals surface area (Å²) >= 11 is 6.22. The van der Waals surface area contributed by atoms with Crippen LogP contribution in [0.25, 0.3) is 0 Å². The molecule has 2 aliphatic heterocycles. The molecule has 1 aromatic carbocycles. The van der Waals surface area contributed by atoms with E-state index in [1.807, 2.05) is 54.3 Å². The minimum atomic E-state index is -0.409. The van der Waals surface area contributed by atoms with Crippen LogP contribution in [0.3, 0.4) is 0 Å². The zero-order valence-corrected chi connectivity index (χ0v) is 16.9. The third-order valence-corrected chi connectivity index (χ3v) is 6.17. The summed E-state index contributed by atoms with van der Waals surface area (Å²) in [5.74, 6) is 0.0454. The summed E-state index contributed by atoms with van der Waals surface area (Å²) in [6, 6.07) is 13.7. The topological polar surface area (TPSA) is 45.7 Å². The zero-order valence-electron chi connectivity index (χ0n) is 16.2. The fourth-order valence-electron chi connectivity index (χ4n) is 4.20. The molecule has 4 rings (SSSR count). The monoisotopic (exact) mass is 399 g/mol. The molecular formula is C22H26ClN3O2. The Morgan fingerprint density at radius 2 is 1.93 bits per heavy atom. The number of pyridine rings is 1. The van der Waals surface area contributed by atoms with Crippen LogP contribution < -0.4 is 4.90 Å². The number of carbonyl (C=O) groups is 1. The highest BCUT2D eigenvalue weighted by molar-refractivity contribution is 6.31. The highest BCUT2D eigenvalue weighted by atomic mass is 35.5. The van der Waals surface area contributed by atoms with Gasteiger partial charge in [0.05, 0.1) is 22.9 Å². The fraction of sp³-hybridized carbons (Fsp3) is 0.455. The maximum atomic E-state index is 12.7.